The van der Waals surface area contributed by atoms with E-state index in [1.807, 2.05) is 4.90 Å². The Morgan fingerprint density at radius 3 is 2.20 bits per heavy atom. The minimum atomic E-state index is -4.04. The summed E-state index contributed by atoms with van der Waals surface area (Å²) in [4.78, 5) is 27.8. The van der Waals surface area contributed by atoms with Crippen molar-refractivity contribution in [1.29, 1.82) is 0 Å². The number of nitrogens with one attached hydrogen (secondary N) is 2. The molecule has 0 aliphatic carbocycles. The van der Waals surface area contributed by atoms with E-state index in [0.717, 1.165) is 25.7 Å². The molecule has 9 heteroatoms. The number of halogens is 1. The molecule has 1 saturated heterocycles. The van der Waals surface area contributed by atoms with Gasteiger partial charge in [-0.3, -0.25) is 14.3 Å². The Morgan fingerprint density at radius 1 is 0.829 bits per heavy atom. The van der Waals surface area contributed by atoms with Crippen LogP contribution in [-0.2, 0) is 10.0 Å². The van der Waals surface area contributed by atoms with Crippen LogP contribution in [0, 0.1) is 0 Å². The lowest BCUT2D eigenvalue weighted by Gasteiger charge is -2.22. The molecular formula is C26H26ClN3O4S. The molecule has 2 amide bonds. The summed E-state index contributed by atoms with van der Waals surface area (Å²) in [7, 11) is -4.04. The van der Waals surface area contributed by atoms with Crippen LogP contribution in [0.15, 0.2) is 77.7 Å². The van der Waals surface area contributed by atoms with E-state index >= 15 is 0 Å². The summed E-state index contributed by atoms with van der Waals surface area (Å²) in [6.45, 7) is 1.38. The van der Waals surface area contributed by atoms with Crippen LogP contribution >= 0.6 is 11.6 Å². The van der Waals surface area contributed by atoms with E-state index < -0.39 is 15.9 Å². The van der Waals surface area contributed by atoms with Crippen molar-refractivity contribution in [3.63, 3.8) is 0 Å². The number of nitrogens with zero attached hydrogens (tertiary/aromatic N) is 1. The molecule has 2 N–H and O–H groups in total. The van der Waals surface area contributed by atoms with Crippen molar-refractivity contribution in [2.45, 2.75) is 30.6 Å². The minimum Gasteiger partial charge on any atom is -0.339 e. The van der Waals surface area contributed by atoms with Gasteiger partial charge < -0.3 is 10.2 Å². The van der Waals surface area contributed by atoms with Gasteiger partial charge in [0.2, 0.25) is 0 Å². The molecule has 3 aromatic rings. The van der Waals surface area contributed by atoms with Gasteiger partial charge in [0.1, 0.15) is 4.90 Å². The highest BCUT2D eigenvalue weighted by atomic mass is 35.5. The summed E-state index contributed by atoms with van der Waals surface area (Å²) in [6.07, 6.45) is 4.12. The van der Waals surface area contributed by atoms with Crippen molar-refractivity contribution in [3.8, 4) is 0 Å². The fourth-order valence-electron chi connectivity index (χ4n) is 3.98. The van der Waals surface area contributed by atoms with E-state index in [9.17, 15) is 18.0 Å². The van der Waals surface area contributed by atoms with Gasteiger partial charge in [0.05, 0.1) is 16.3 Å². The number of amides is 2. The first-order chi connectivity index (χ1) is 16.8. The van der Waals surface area contributed by atoms with E-state index in [4.69, 9.17) is 11.6 Å². The average molecular weight is 512 g/mol. The lowest BCUT2D eigenvalue weighted by Crippen LogP contribution is -2.32. The zero-order valence-corrected chi connectivity index (χ0v) is 20.6. The largest absolute Gasteiger partial charge is 0.339 e. The first kappa shape index (κ1) is 24.8. The molecule has 1 heterocycles. The van der Waals surface area contributed by atoms with Gasteiger partial charge in [0.15, 0.2) is 0 Å². The van der Waals surface area contributed by atoms with E-state index in [1.165, 1.54) is 18.2 Å². The molecule has 182 valence electrons. The van der Waals surface area contributed by atoms with Crippen LogP contribution in [0.3, 0.4) is 0 Å². The molecule has 0 radical (unpaired) electrons. The van der Waals surface area contributed by atoms with Crippen molar-refractivity contribution in [2.24, 2.45) is 0 Å². The second kappa shape index (κ2) is 10.9. The van der Waals surface area contributed by atoms with Crippen LogP contribution < -0.4 is 10.0 Å². The highest BCUT2D eigenvalue weighted by Crippen LogP contribution is 2.26. The lowest BCUT2D eigenvalue weighted by molar-refractivity contribution is 0.0762. The molecule has 1 aliphatic heterocycles. The number of sulfonamides is 1. The smallest absolute Gasteiger partial charge is 0.263 e. The van der Waals surface area contributed by atoms with Crippen molar-refractivity contribution in [2.75, 3.05) is 23.1 Å². The van der Waals surface area contributed by atoms with E-state index in [2.05, 4.69) is 10.0 Å². The number of likely N-dealkylation sites (tertiary alicyclic amines) is 1. The van der Waals surface area contributed by atoms with Crippen molar-refractivity contribution >= 4 is 44.8 Å². The van der Waals surface area contributed by atoms with Crippen LogP contribution in [0.25, 0.3) is 0 Å². The van der Waals surface area contributed by atoms with E-state index in [1.54, 1.807) is 54.6 Å². The number of benzene rings is 3. The Kier molecular flexibility index (Phi) is 7.73. The van der Waals surface area contributed by atoms with Gasteiger partial charge in [-0.1, -0.05) is 54.8 Å². The standard InChI is InChI=1S/C26H26ClN3O4S/c27-22-15-14-19(18-24(22)35(33,34)29-20-10-4-3-5-11-20)25(31)28-23-13-7-6-12-21(23)26(32)30-16-8-1-2-9-17-30/h3-7,10-15,18,29H,1-2,8-9,16-17H2,(H,28,31). The summed E-state index contributed by atoms with van der Waals surface area (Å²) in [5.41, 5.74) is 1.24. The second-order valence-electron chi connectivity index (χ2n) is 8.32. The van der Waals surface area contributed by atoms with Crippen LogP contribution in [0.5, 0.6) is 0 Å². The third-order valence-electron chi connectivity index (χ3n) is 5.81. The number of carbonyl (C=O) groups is 2. The average Bonchev–Trinajstić information content (AvgIpc) is 3.14. The maximum Gasteiger partial charge on any atom is 0.263 e. The summed E-state index contributed by atoms with van der Waals surface area (Å²) in [5.74, 6) is -0.678. The molecule has 7 nitrogen and oxygen atoms in total. The zero-order valence-electron chi connectivity index (χ0n) is 19.0. The van der Waals surface area contributed by atoms with Gasteiger partial charge in [-0.05, 0) is 55.3 Å². The van der Waals surface area contributed by atoms with Crippen molar-refractivity contribution in [1.82, 2.24) is 4.90 Å². The quantitative estimate of drug-likeness (QED) is 0.462. The molecule has 3 aromatic carbocycles. The third kappa shape index (κ3) is 6.01. The summed E-state index contributed by atoms with van der Waals surface area (Å²) in [5, 5.41) is 2.75. The van der Waals surface area contributed by atoms with Crippen LogP contribution in [0.4, 0.5) is 11.4 Å². The molecule has 0 bridgehead atoms. The summed E-state index contributed by atoms with van der Waals surface area (Å²) < 4.78 is 28.3. The first-order valence-corrected chi connectivity index (χ1v) is 13.3. The molecule has 1 aliphatic rings. The predicted molar refractivity (Wildman–Crippen MR) is 137 cm³/mol. The molecule has 0 unspecified atom stereocenters. The lowest BCUT2D eigenvalue weighted by atomic mass is 10.1. The minimum absolute atomic E-state index is 0.0123. The first-order valence-electron chi connectivity index (χ1n) is 11.4. The normalized spacial score (nSPS) is 14.1. The maximum absolute atomic E-state index is 13.2. The van der Waals surface area contributed by atoms with Crippen LogP contribution in [-0.4, -0.2) is 38.2 Å². The Hall–Kier alpha value is -3.36. The molecule has 0 saturated carbocycles. The zero-order chi connectivity index (χ0) is 24.8. The molecule has 35 heavy (non-hydrogen) atoms. The van der Waals surface area contributed by atoms with E-state index in [-0.39, 0.29) is 21.4 Å². The highest BCUT2D eigenvalue weighted by molar-refractivity contribution is 7.92. The molecule has 0 spiro atoms. The fourth-order valence-corrected chi connectivity index (χ4v) is 5.57. The van der Waals surface area contributed by atoms with Gasteiger partial charge in [0.25, 0.3) is 21.8 Å². The van der Waals surface area contributed by atoms with Gasteiger partial charge >= 0.3 is 0 Å². The second-order valence-corrected chi connectivity index (χ2v) is 10.4. The Morgan fingerprint density at radius 2 is 1.49 bits per heavy atom. The summed E-state index contributed by atoms with van der Waals surface area (Å²) in [6, 6.07) is 19.3. The Bertz CT molecular complexity index is 1320. The van der Waals surface area contributed by atoms with E-state index in [0.29, 0.717) is 30.0 Å². The van der Waals surface area contributed by atoms with Gasteiger partial charge in [-0.25, -0.2) is 8.42 Å². The number of carbonyl (C=O) groups excluding carboxylic acids is 2. The number of hydrogen-bond donors (Lipinski definition) is 2. The third-order valence-corrected chi connectivity index (χ3v) is 7.67. The van der Waals surface area contributed by atoms with Crippen LogP contribution in [0.1, 0.15) is 46.4 Å². The number of para-hydroxylation sites is 2. The highest BCUT2D eigenvalue weighted by Gasteiger charge is 2.23. The predicted octanol–water partition coefficient (Wildman–Crippen LogP) is 5.41. The number of anilines is 2. The van der Waals surface area contributed by atoms with Crippen LogP contribution in [0.2, 0.25) is 5.02 Å². The number of rotatable bonds is 6. The van der Waals surface area contributed by atoms with Crippen molar-refractivity contribution in [3.05, 3.63) is 88.9 Å². The molecule has 0 atom stereocenters. The summed E-state index contributed by atoms with van der Waals surface area (Å²) >= 11 is 6.18. The van der Waals surface area contributed by atoms with Crippen molar-refractivity contribution < 1.29 is 18.0 Å². The Labute approximate surface area is 210 Å². The van der Waals surface area contributed by atoms with Gasteiger partial charge in [0, 0.05) is 24.3 Å². The molecule has 4 rings (SSSR count). The monoisotopic (exact) mass is 511 g/mol. The Balaban J connectivity index is 1.57. The number of hydrogen-bond acceptors (Lipinski definition) is 4. The van der Waals surface area contributed by atoms with Gasteiger partial charge in [-0.15, -0.1) is 0 Å². The fraction of sp³-hybridized carbons (Fsp3) is 0.231. The maximum atomic E-state index is 13.2. The molecule has 1 fully saturated rings. The topological polar surface area (TPSA) is 95.6 Å². The van der Waals surface area contributed by atoms with Gasteiger partial charge in [-0.2, -0.15) is 0 Å². The molecule has 0 aromatic heterocycles. The molecular weight excluding hydrogens is 486 g/mol. The SMILES string of the molecule is O=C(Nc1ccccc1C(=O)N1CCCCCC1)c1ccc(Cl)c(S(=O)(=O)Nc2ccccc2)c1.